The Morgan fingerprint density at radius 3 is 2.17 bits per heavy atom. The molecule has 1 rings (SSSR count). The fourth-order valence-electron chi connectivity index (χ4n) is 2.77. The van der Waals surface area contributed by atoms with Gasteiger partial charge in [-0.2, -0.15) is 0 Å². The molecule has 0 saturated carbocycles. The summed E-state index contributed by atoms with van der Waals surface area (Å²) in [6.45, 7) is 8.94. The van der Waals surface area contributed by atoms with Crippen LogP contribution in [0.3, 0.4) is 0 Å². The highest BCUT2D eigenvalue weighted by Crippen LogP contribution is 2.19. The summed E-state index contributed by atoms with van der Waals surface area (Å²) in [5.41, 5.74) is 5.81. The molecule has 0 amide bonds. The summed E-state index contributed by atoms with van der Waals surface area (Å²) in [5.74, 6) is 0. The summed E-state index contributed by atoms with van der Waals surface area (Å²) in [6, 6.07) is 5.24. The molecule has 18 heavy (non-hydrogen) atoms. The Morgan fingerprint density at radius 2 is 1.67 bits per heavy atom. The van der Waals surface area contributed by atoms with E-state index in [0.717, 1.165) is 6.42 Å². The maximum absolute atomic E-state index is 3.48. The van der Waals surface area contributed by atoms with Gasteiger partial charge in [0.05, 0.1) is 0 Å². The van der Waals surface area contributed by atoms with Crippen LogP contribution in [-0.2, 0) is 6.42 Å². The smallest absolute Gasteiger partial charge is 0.0105 e. The number of nitrogens with one attached hydrogen (secondary N) is 1. The Morgan fingerprint density at radius 1 is 1.06 bits per heavy atom. The first kappa shape index (κ1) is 15.2. The van der Waals surface area contributed by atoms with Crippen LogP contribution >= 0.6 is 0 Å². The molecular formula is C17H29N. The summed E-state index contributed by atoms with van der Waals surface area (Å²) < 4.78 is 0. The standard InChI is InChI=1S/C17H29N/c1-6-7-8-9-16(18-5)12-17-14(3)10-13(2)11-15(17)4/h10-11,16,18H,6-9,12H2,1-5H3. The van der Waals surface area contributed by atoms with E-state index in [1.54, 1.807) is 0 Å². The molecule has 0 spiro atoms. The second kappa shape index (κ2) is 7.58. The molecule has 1 unspecified atom stereocenters. The number of aryl methyl sites for hydroxylation is 3. The van der Waals surface area contributed by atoms with E-state index < -0.39 is 0 Å². The predicted octanol–water partition coefficient (Wildman–Crippen LogP) is 4.32. The van der Waals surface area contributed by atoms with Crippen molar-refractivity contribution in [2.24, 2.45) is 0 Å². The third kappa shape index (κ3) is 4.45. The Bertz CT molecular complexity index is 345. The van der Waals surface area contributed by atoms with Crippen molar-refractivity contribution in [3.05, 3.63) is 34.4 Å². The molecule has 0 aliphatic heterocycles. The summed E-state index contributed by atoms with van der Waals surface area (Å²) in [5, 5.41) is 3.48. The molecular weight excluding hydrogens is 218 g/mol. The van der Waals surface area contributed by atoms with E-state index in [2.05, 4.69) is 52.2 Å². The van der Waals surface area contributed by atoms with Crippen molar-refractivity contribution in [3.63, 3.8) is 0 Å². The molecule has 1 aromatic carbocycles. The normalized spacial score (nSPS) is 12.7. The fourth-order valence-corrected chi connectivity index (χ4v) is 2.77. The van der Waals surface area contributed by atoms with E-state index in [4.69, 9.17) is 0 Å². The average Bonchev–Trinajstić information content (AvgIpc) is 2.31. The van der Waals surface area contributed by atoms with Crippen LogP contribution in [-0.4, -0.2) is 13.1 Å². The number of hydrogen-bond acceptors (Lipinski definition) is 1. The Labute approximate surface area is 113 Å². The van der Waals surface area contributed by atoms with Crippen LogP contribution in [0.1, 0.15) is 54.9 Å². The maximum Gasteiger partial charge on any atom is 0.0105 e. The molecule has 0 aliphatic rings. The van der Waals surface area contributed by atoms with Crippen molar-refractivity contribution in [2.75, 3.05) is 7.05 Å². The number of rotatable bonds is 7. The van der Waals surface area contributed by atoms with E-state index in [9.17, 15) is 0 Å². The van der Waals surface area contributed by atoms with Crippen molar-refractivity contribution in [2.45, 2.75) is 65.8 Å². The molecule has 1 nitrogen and oxygen atoms in total. The van der Waals surface area contributed by atoms with Gasteiger partial charge in [0.25, 0.3) is 0 Å². The molecule has 0 aliphatic carbocycles. The van der Waals surface area contributed by atoms with Gasteiger partial charge in [0.2, 0.25) is 0 Å². The van der Waals surface area contributed by atoms with Crippen molar-refractivity contribution in [1.29, 1.82) is 0 Å². The van der Waals surface area contributed by atoms with Crippen LogP contribution in [0.2, 0.25) is 0 Å². The molecule has 0 aromatic heterocycles. The first-order valence-corrected chi connectivity index (χ1v) is 7.32. The Balaban J connectivity index is 2.69. The van der Waals surface area contributed by atoms with E-state index >= 15 is 0 Å². The first-order chi connectivity index (χ1) is 8.58. The van der Waals surface area contributed by atoms with E-state index in [0.29, 0.717) is 6.04 Å². The van der Waals surface area contributed by atoms with E-state index in [1.165, 1.54) is 47.9 Å². The first-order valence-electron chi connectivity index (χ1n) is 7.32. The minimum atomic E-state index is 0.622. The molecule has 1 aromatic rings. The minimum Gasteiger partial charge on any atom is -0.317 e. The third-order valence-corrected chi connectivity index (χ3v) is 3.86. The van der Waals surface area contributed by atoms with Crippen LogP contribution in [0.4, 0.5) is 0 Å². The largest absolute Gasteiger partial charge is 0.317 e. The van der Waals surface area contributed by atoms with Crippen LogP contribution < -0.4 is 5.32 Å². The van der Waals surface area contributed by atoms with Crippen LogP contribution in [0.15, 0.2) is 12.1 Å². The number of unbranched alkanes of at least 4 members (excludes halogenated alkanes) is 2. The summed E-state index contributed by atoms with van der Waals surface area (Å²) >= 11 is 0. The average molecular weight is 247 g/mol. The lowest BCUT2D eigenvalue weighted by atomic mass is 9.92. The minimum absolute atomic E-state index is 0.622. The number of hydrogen-bond donors (Lipinski definition) is 1. The second-order valence-electron chi connectivity index (χ2n) is 5.56. The highest BCUT2D eigenvalue weighted by molar-refractivity contribution is 5.38. The van der Waals surface area contributed by atoms with Gasteiger partial charge in [-0.25, -0.2) is 0 Å². The molecule has 1 atom stereocenters. The molecule has 0 fully saturated rings. The van der Waals surface area contributed by atoms with Gasteiger partial charge in [0.15, 0.2) is 0 Å². The molecule has 0 saturated heterocycles. The van der Waals surface area contributed by atoms with Gasteiger partial charge < -0.3 is 5.32 Å². The maximum atomic E-state index is 3.48. The fraction of sp³-hybridized carbons (Fsp3) is 0.647. The Kier molecular flexibility index (Phi) is 6.42. The van der Waals surface area contributed by atoms with Gasteiger partial charge >= 0.3 is 0 Å². The summed E-state index contributed by atoms with van der Waals surface area (Å²) in [6.07, 6.45) is 6.45. The molecule has 1 heteroatoms. The van der Waals surface area contributed by atoms with E-state index in [-0.39, 0.29) is 0 Å². The summed E-state index contributed by atoms with van der Waals surface area (Å²) in [4.78, 5) is 0. The zero-order valence-corrected chi connectivity index (χ0v) is 12.8. The van der Waals surface area contributed by atoms with Crippen LogP contribution in [0, 0.1) is 20.8 Å². The predicted molar refractivity (Wildman–Crippen MR) is 81.3 cm³/mol. The lowest BCUT2D eigenvalue weighted by Crippen LogP contribution is -2.28. The zero-order chi connectivity index (χ0) is 13.5. The molecule has 0 radical (unpaired) electrons. The van der Waals surface area contributed by atoms with Gasteiger partial charge in [-0.3, -0.25) is 0 Å². The third-order valence-electron chi connectivity index (χ3n) is 3.86. The zero-order valence-electron chi connectivity index (χ0n) is 12.8. The van der Waals surface area contributed by atoms with Crippen molar-refractivity contribution < 1.29 is 0 Å². The van der Waals surface area contributed by atoms with E-state index in [1.807, 2.05) is 0 Å². The lowest BCUT2D eigenvalue weighted by molar-refractivity contribution is 0.488. The molecule has 0 heterocycles. The highest BCUT2D eigenvalue weighted by Gasteiger charge is 2.11. The molecule has 0 bridgehead atoms. The molecule has 102 valence electrons. The number of likely N-dealkylation sites (N-methyl/N-ethyl adjacent to an activating group) is 1. The number of benzene rings is 1. The van der Waals surface area contributed by atoms with Crippen molar-refractivity contribution >= 4 is 0 Å². The van der Waals surface area contributed by atoms with Crippen LogP contribution in [0.5, 0.6) is 0 Å². The van der Waals surface area contributed by atoms with Crippen LogP contribution in [0.25, 0.3) is 0 Å². The monoisotopic (exact) mass is 247 g/mol. The van der Waals surface area contributed by atoms with Gasteiger partial charge in [0.1, 0.15) is 0 Å². The second-order valence-corrected chi connectivity index (χ2v) is 5.56. The highest BCUT2D eigenvalue weighted by atomic mass is 14.9. The Hall–Kier alpha value is -0.820. The quantitative estimate of drug-likeness (QED) is 0.707. The topological polar surface area (TPSA) is 12.0 Å². The molecule has 1 N–H and O–H groups in total. The summed E-state index contributed by atoms with van der Waals surface area (Å²) in [7, 11) is 2.09. The lowest BCUT2D eigenvalue weighted by Gasteiger charge is -2.19. The van der Waals surface area contributed by atoms with Crippen molar-refractivity contribution in [3.8, 4) is 0 Å². The van der Waals surface area contributed by atoms with Gasteiger partial charge in [-0.05, 0) is 57.4 Å². The van der Waals surface area contributed by atoms with Gasteiger partial charge in [-0.15, -0.1) is 0 Å². The SMILES string of the molecule is CCCCCC(Cc1c(C)cc(C)cc1C)NC. The van der Waals surface area contributed by atoms with Gasteiger partial charge in [-0.1, -0.05) is 43.9 Å². The van der Waals surface area contributed by atoms with Gasteiger partial charge in [0, 0.05) is 6.04 Å². The van der Waals surface area contributed by atoms with Crippen molar-refractivity contribution in [1.82, 2.24) is 5.32 Å².